The number of anilines is 1. The summed E-state index contributed by atoms with van der Waals surface area (Å²) >= 11 is 12.8. The van der Waals surface area contributed by atoms with Crippen molar-refractivity contribution in [2.24, 2.45) is 0 Å². The topological polar surface area (TPSA) is 96.0 Å². The number of carbonyl (C=O) groups is 2. The summed E-state index contributed by atoms with van der Waals surface area (Å²) in [4.78, 5) is 29.0. The van der Waals surface area contributed by atoms with Crippen molar-refractivity contribution in [1.82, 2.24) is 10.2 Å². The lowest BCUT2D eigenvalue weighted by molar-refractivity contribution is -0.141. The Bertz CT molecular complexity index is 1520. The van der Waals surface area contributed by atoms with Gasteiger partial charge < -0.3 is 15.0 Å². The minimum atomic E-state index is -4.28. The molecule has 0 aliphatic rings. The van der Waals surface area contributed by atoms with Crippen molar-refractivity contribution in [3.8, 4) is 5.75 Å². The molecule has 0 aromatic heterocycles. The number of methoxy groups -OCH3 is 1. The lowest BCUT2D eigenvalue weighted by Crippen LogP contribution is -2.55. The highest BCUT2D eigenvalue weighted by Crippen LogP contribution is 2.35. The van der Waals surface area contributed by atoms with Gasteiger partial charge in [0.25, 0.3) is 10.0 Å². The van der Waals surface area contributed by atoms with Gasteiger partial charge in [0.05, 0.1) is 27.7 Å². The Morgan fingerprint density at radius 2 is 1.64 bits per heavy atom. The molecule has 0 heterocycles. The zero-order valence-corrected chi connectivity index (χ0v) is 27.0. The largest absolute Gasteiger partial charge is 0.497 e. The number of rotatable bonds is 11. The van der Waals surface area contributed by atoms with E-state index in [2.05, 4.69) is 5.32 Å². The Kier molecular flexibility index (Phi) is 10.9. The van der Waals surface area contributed by atoms with Crippen LogP contribution >= 0.6 is 23.2 Å². The fraction of sp³-hybridized carbons (Fsp3) is 0.355. The van der Waals surface area contributed by atoms with Crippen LogP contribution in [-0.4, -0.2) is 50.4 Å². The van der Waals surface area contributed by atoms with Crippen LogP contribution in [0.1, 0.15) is 45.2 Å². The molecule has 42 heavy (non-hydrogen) atoms. The molecule has 11 heteroatoms. The second kappa shape index (κ2) is 13.8. The van der Waals surface area contributed by atoms with Gasteiger partial charge in [-0.2, -0.15) is 0 Å². The predicted octanol–water partition coefficient (Wildman–Crippen LogP) is 6.23. The average molecular weight is 635 g/mol. The van der Waals surface area contributed by atoms with Crippen molar-refractivity contribution in [3.63, 3.8) is 0 Å². The molecule has 0 spiro atoms. The Balaban J connectivity index is 2.12. The smallest absolute Gasteiger partial charge is 0.264 e. The number of amides is 2. The van der Waals surface area contributed by atoms with E-state index < -0.39 is 34.1 Å². The molecule has 0 fully saturated rings. The molecule has 3 aromatic carbocycles. The van der Waals surface area contributed by atoms with Gasteiger partial charge in [-0.05, 0) is 76.1 Å². The Morgan fingerprint density at radius 1 is 1.00 bits per heavy atom. The summed E-state index contributed by atoms with van der Waals surface area (Å²) in [5.74, 6) is -0.364. The average Bonchev–Trinajstić information content (AvgIpc) is 2.92. The third kappa shape index (κ3) is 8.18. The molecule has 0 saturated carbocycles. The monoisotopic (exact) mass is 633 g/mol. The second-order valence-corrected chi connectivity index (χ2v) is 13.6. The SMILES string of the molecule is CCC(C(=O)NC(C)(C)C)N(Cc1cccc(OC)c1)C(=O)CN(c1cccc(Cl)c1Cl)S(=O)(=O)c1ccc(C)cc1. The normalized spacial score (nSPS) is 12.4. The molecule has 1 N–H and O–H groups in total. The summed E-state index contributed by atoms with van der Waals surface area (Å²) in [5.41, 5.74) is 1.08. The van der Waals surface area contributed by atoms with E-state index in [1.165, 1.54) is 36.3 Å². The molecule has 0 saturated heterocycles. The minimum Gasteiger partial charge on any atom is -0.497 e. The van der Waals surface area contributed by atoms with Crippen LogP contribution in [0.3, 0.4) is 0 Å². The van der Waals surface area contributed by atoms with Crippen molar-refractivity contribution in [2.45, 2.75) is 64.1 Å². The number of nitrogens with one attached hydrogen (secondary N) is 1. The molecule has 8 nitrogen and oxygen atoms in total. The van der Waals surface area contributed by atoms with Crippen molar-refractivity contribution in [1.29, 1.82) is 0 Å². The third-order valence-corrected chi connectivity index (χ3v) is 9.04. The maximum Gasteiger partial charge on any atom is 0.264 e. The first-order chi connectivity index (χ1) is 19.7. The maximum atomic E-state index is 14.2. The Labute approximate surface area is 258 Å². The van der Waals surface area contributed by atoms with Gasteiger partial charge >= 0.3 is 0 Å². The summed E-state index contributed by atoms with van der Waals surface area (Å²) < 4.78 is 34.3. The first-order valence-electron chi connectivity index (χ1n) is 13.5. The van der Waals surface area contributed by atoms with Gasteiger partial charge in [-0.3, -0.25) is 13.9 Å². The summed E-state index contributed by atoms with van der Waals surface area (Å²) in [6.07, 6.45) is 0.292. The number of aryl methyl sites for hydroxylation is 1. The molecule has 2 amide bonds. The van der Waals surface area contributed by atoms with E-state index in [4.69, 9.17) is 27.9 Å². The zero-order chi connectivity index (χ0) is 31.2. The molecule has 1 atom stereocenters. The van der Waals surface area contributed by atoms with Crippen LogP contribution in [-0.2, 0) is 26.2 Å². The van der Waals surface area contributed by atoms with Crippen LogP contribution in [0.5, 0.6) is 5.75 Å². The quantitative estimate of drug-likeness (QED) is 0.270. The van der Waals surface area contributed by atoms with Crippen LogP contribution in [0, 0.1) is 6.92 Å². The van der Waals surface area contributed by atoms with Gasteiger partial charge in [-0.15, -0.1) is 0 Å². The summed E-state index contributed by atoms with van der Waals surface area (Å²) in [6.45, 7) is 8.60. The van der Waals surface area contributed by atoms with Crippen molar-refractivity contribution in [3.05, 3.63) is 87.9 Å². The van der Waals surface area contributed by atoms with Crippen molar-refractivity contribution >= 4 is 50.7 Å². The van der Waals surface area contributed by atoms with E-state index in [0.29, 0.717) is 17.7 Å². The van der Waals surface area contributed by atoms with Gasteiger partial charge in [0, 0.05) is 12.1 Å². The lowest BCUT2D eigenvalue weighted by atomic mass is 10.1. The molecular weight excluding hydrogens is 597 g/mol. The van der Waals surface area contributed by atoms with E-state index in [-0.39, 0.29) is 33.1 Å². The molecule has 226 valence electrons. The van der Waals surface area contributed by atoms with Crippen LogP contribution in [0.2, 0.25) is 10.0 Å². The number of nitrogens with zero attached hydrogens (tertiary/aromatic N) is 2. The molecule has 0 aliphatic heterocycles. The number of ether oxygens (including phenoxy) is 1. The Hall–Kier alpha value is -3.27. The van der Waals surface area contributed by atoms with E-state index >= 15 is 0 Å². The van der Waals surface area contributed by atoms with Crippen LogP contribution < -0.4 is 14.4 Å². The van der Waals surface area contributed by atoms with Crippen LogP contribution in [0.15, 0.2) is 71.6 Å². The number of hydrogen-bond acceptors (Lipinski definition) is 5. The van der Waals surface area contributed by atoms with Crippen molar-refractivity contribution in [2.75, 3.05) is 18.0 Å². The molecule has 0 radical (unpaired) electrons. The standard InChI is InChI=1S/C31H37Cl2N3O5S/c1-7-26(30(38)34-31(3,4)5)35(19-22-10-8-11-23(18-22)41-6)28(37)20-36(27-13-9-12-25(32)29(27)33)42(39,40)24-16-14-21(2)15-17-24/h8-18,26H,7,19-20H2,1-6H3,(H,34,38). The number of halogens is 2. The van der Waals surface area contributed by atoms with E-state index in [1.54, 1.807) is 43.3 Å². The molecule has 0 aliphatic carbocycles. The molecular formula is C31H37Cl2N3O5S. The molecule has 3 rings (SSSR count). The Morgan fingerprint density at radius 3 is 2.24 bits per heavy atom. The highest BCUT2D eigenvalue weighted by molar-refractivity contribution is 7.92. The van der Waals surface area contributed by atoms with Crippen LogP contribution in [0.4, 0.5) is 5.69 Å². The van der Waals surface area contributed by atoms with Gasteiger partial charge in [-0.1, -0.05) is 66.0 Å². The minimum absolute atomic E-state index is 0.0143. The van der Waals surface area contributed by atoms with E-state index in [9.17, 15) is 18.0 Å². The maximum absolute atomic E-state index is 14.2. The van der Waals surface area contributed by atoms with Gasteiger partial charge in [-0.25, -0.2) is 8.42 Å². The number of carbonyl (C=O) groups excluding carboxylic acids is 2. The second-order valence-electron chi connectivity index (χ2n) is 10.9. The fourth-order valence-corrected chi connectivity index (χ4v) is 6.25. The highest BCUT2D eigenvalue weighted by Gasteiger charge is 2.35. The van der Waals surface area contributed by atoms with Crippen molar-refractivity contribution < 1.29 is 22.7 Å². The predicted molar refractivity (Wildman–Crippen MR) is 168 cm³/mol. The van der Waals surface area contributed by atoms with Gasteiger partial charge in [0.1, 0.15) is 18.3 Å². The number of hydrogen-bond donors (Lipinski definition) is 1. The number of benzene rings is 3. The third-order valence-electron chi connectivity index (χ3n) is 6.46. The zero-order valence-electron chi connectivity index (χ0n) is 24.6. The van der Waals surface area contributed by atoms with Gasteiger partial charge in [0.15, 0.2) is 0 Å². The number of sulfonamides is 1. The first-order valence-corrected chi connectivity index (χ1v) is 15.7. The highest BCUT2D eigenvalue weighted by atomic mass is 35.5. The van der Waals surface area contributed by atoms with E-state index in [1.807, 2.05) is 33.8 Å². The lowest BCUT2D eigenvalue weighted by Gasteiger charge is -2.35. The molecule has 3 aromatic rings. The molecule has 0 bridgehead atoms. The molecule has 1 unspecified atom stereocenters. The summed E-state index contributed by atoms with van der Waals surface area (Å²) in [7, 11) is -2.74. The summed E-state index contributed by atoms with van der Waals surface area (Å²) in [5, 5.41) is 3.07. The fourth-order valence-electron chi connectivity index (χ4n) is 4.38. The first kappa shape index (κ1) is 33.2. The van der Waals surface area contributed by atoms with Gasteiger partial charge in [0.2, 0.25) is 11.8 Å². The van der Waals surface area contributed by atoms with E-state index in [0.717, 1.165) is 9.87 Å². The summed E-state index contributed by atoms with van der Waals surface area (Å²) in [6, 6.07) is 17.1. The van der Waals surface area contributed by atoms with Crippen LogP contribution in [0.25, 0.3) is 0 Å².